The van der Waals surface area contributed by atoms with Crippen LogP contribution in [0.4, 0.5) is 5.69 Å². The van der Waals surface area contributed by atoms with Gasteiger partial charge in [-0.05, 0) is 110 Å². The summed E-state index contributed by atoms with van der Waals surface area (Å²) >= 11 is 6.40. The second kappa shape index (κ2) is 43.0. The van der Waals surface area contributed by atoms with Crippen molar-refractivity contribution in [1.82, 2.24) is 21.3 Å². The highest BCUT2D eigenvalue weighted by atomic mass is 35.5. The maximum absolute atomic E-state index is 14.0. The van der Waals surface area contributed by atoms with Crippen molar-refractivity contribution in [1.29, 1.82) is 0 Å². The number of unbranched alkanes of at least 4 members (excludes halogenated alkanes) is 1. The molecule has 0 spiro atoms. The Kier molecular flexibility index (Phi) is 35.5. The van der Waals surface area contributed by atoms with E-state index in [1.807, 2.05) is 45.0 Å². The lowest BCUT2D eigenvalue weighted by atomic mass is 9.89. The molecule has 546 valence electrons. The van der Waals surface area contributed by atoms with E-state index in [0.717, 1.165) is 11.1 Å². The third-order valence-corrected chi connectivity index (χ3v) is 17.0. The fourth-order valence-electron chi connectivity index (χ4n) is 10.7. The number of hydrogen-bond donors (Lipinski definition) is 6. The average molecular weight is 1410 g/mol. The Balaban J connectivity index is 1.13. The number of rotatable bonds is 41. The topological polar surface area (TPSA) is 337 Å². The normalized spacial score (nSPS) is 19.3. The quantitative estimate of drug-likeness (QED) is 0.0135. The van der Waals surface area contributed by atoms with Crippen LogP contribution in [0.3, 0.4) is 0 Å². The molecule has 5 amide bonds. The molecule has 0 aliphatic carbocycles. The Hall–Kier alpha value is -7.81. The van der Waals surface area contributed by atoms with Gasteiger partial charge in [0.15, 0.2) is 11.9 Å². The summed E-state index contributed by atoms with van der Waals surface area (Å²) in [6, 6.07) is 17.4. The maximum atomic E-state index is 14.0. The molecule has 0 aromatic heterocycles. The van der Waals surface area contributed by atoms with Crippen LogP contribution in [0.5, 0.6) is 5.75 Å². The number of amides is 5. The number of Topliss-reactive ketones (excluding diaryl/α,β-unsaturated/α-hetero) is 1. The number of ether oxygens (including phenoxy) is 9. The Labute approximate surface area is 585 Å². The average Bonchev–Trinajstić information content (AvgIpc) is 1.63. The SMILES string of the molecule is COCCOCCOCCOCCC(=O)NCCCC[C@H](CC(=O)[C@@H](NC(=O)CCCC(=O)O)C(C)C)C(=O)Nc1ccc(COC(=O)CCc2ccc([C@H]3O[C@@H]3[C@@H](C)[C@@H]3C/C=C/C(=O)N[C@H](Cc4ccc(OC)c(Cl)c4)C(=O)NCC(C)(C)C(=O)O[C@@H](CC(C)C)C(=O)O3)cc2)cc1. The number of methoxy groups -OCH3 is 2. The molecular formula is C73H102ClN5O20. The zero-order valence-corrected chi connectivity index (χ0v) is 59.4. The van der Waals surface area contributed by atoms with Gasteiger partial charge in [0.1, 0.15) is 30.6 Å². The minimum Gasteiger partial charge on any atom is -0.495 e. The van der Waals surface area contributed by atoms with Gasteiger partial charge in [-0.2, -0.15) is 0 Å². The van der Waals surface area contributed by atoms with E-state index in [0.29, 0.717) is 99.5 Å². The predicted molar refractivity (Wildman–Crippen MR) is 367 cm³/mol. The van der Waals surface area contributed by atoms with Crippen LogP contribution in [0.15, 0.2) is 78.9 Å². The van der Waals surface area contributed by atoms with Crippen LogP contribution in [0.2, 0.25) is 5.02 Å². The van der Waals surface area contributed by atoms with E-state index in [1.54, 1.807) is 83.3 Å². The lowest BCUT2D eigenvalue weighted by Crippen LogP contribution is -2.51. The molecule has 0 bridgehead atoms. The molecule has 26 heteroatoms. The van der Waals surface area contributed by atoms with E-state index >= 15 is 0 Å². The molecule has 0 unspecified atom stereocenters. The first kappa shape index (κ1) is 81.9. The fourth-order valence-corrected chi connectivity index (χ4v) is 11.0. The van der Waals surface area contributed by atoms with Crippen LogP contribution < -0.4 is 31.3 Å². The number of epoxide rings is 1. The summed E-state index contributed by atoms with van der Waals surface area (Å²) in [6.07, 6.45) is 1.89. The van der Waals surface area contributed by atoms with Gasteiger partial charge >= 0.3 is 23.9 Å². The number of ketones is 1. The van der Waals surface area contributed by atoms with E-state index < -0.39 is 95.2 Å². The molecule has 8 atom stereocenters. The molecular weight excluding hydrogens is 1300 g/mol. The Bertz CT molecular complexity index is 3140. The van der Waals surface area contributed by atoms with Crippen molar-refractivity contribution in [2.45, 2.75) is 175 Å². The second-order valence-electron chi connectivity index (χ2n) is 26.3. The van der Waals surface area contributed by atoms with E-state index in [9.17, 15) is 47.9 Å². The van der Waals surface area contributed by atoms with Crippen molar-refractivity contribution in [3.8, 4) is 5.75 Å². The van der Waals surface area contributed by atoms with Gasteiger partial charge in [0.05, 0.1) is 75.9 Å². The maximum Gasteiger partial charge on any atom is 0.347 e. The monoisotopic (exact) mass is 1400 g/mol. The molecule has 5 rings (SSSR count). The van der Waals surface area contributed by atoms with Gasteiger partial charge in [-0.15, -0.1) is 0 Å². The summed E-state index contributed by atoms with van der Waals surface area (Å²) in [7, 11) is 3.08. The Morgan fingerprint density at radius 2 is 1.42 bits per heavy atom. The summed E-state index contributed by atoms with van der Waals surface area (Å²) in [5.41, 5.74) is 2.18. The van der Waals surface area contributed by atoms with Crippen LogP contribution in [0, 0.1) is 29.1 Å². The highest BCUT2D eigenvalue weighted by Crippen LogP contribution is 2.45. The Morgan fingerprint density at radius 1 is 0.758 bits per heavy atom. The largest absolute Gasteiger partial charge is 0.495 e. The van der Waals surface area contributed by atoms with Crippen LogP contribution in [0.25, 0.3) is 0 Å². The van der Waals surface area contributed by atoms with Crippen LogP contribution in [-0.2, 0) is 105 Å². The van der Waals surface area contributed by atoms with Gasteiger partial charge in [-0.25, -0.2) is 4.79 Å². The lowest BCUT2D eigenvalue weighted by molar-refractivity contribution is -0.179. The summed E-state index contributed by atoms with van der Waals surface area (Å²) < 4.78 is 50.4. The molecule has 1 saturated heterocycles. The third-order valence-electron chi connectivity index (χ3n) is 16.7. The molecule has 1 fully saturated rings. The van der Waals surface area contributed by atoms with Crippen molar-refractivity contribution < 1.29 is 95.7 Å². The number of carbonyl (C=O) groups is 10. The van der Waals surface area contributed by atoms with Crippen LogP contribution in [0.1, 0.15) is 147 Å². The smallest absolute Gasteiger partial charge is 0.347 e. The van der Waals surface area contributed by atoms with E-state index in [2.05, 4.69) is 26.6 Å². The first-order chi connectivity index (χ1) is 47.3. The number of halogens is 1. The van der Waals surface area contributed by atoms with E-state index in [-0.39, 0.29) is 107 Å². The predicted octanol–water partition coefficient (Wildman–Crippen LogP) is 8.08. The molecule has 2 aliphatic rings. The highest BCUT2D eigenvalue weighted by Gasteiger charge is 2.48. The van der Waals surface area contributed by atoms with Crippen LogP contribution >= 0.6 is 11.6 Å². The molecule has 2 heterocycles. The van der Waals surface area contributed by atoms with Crippen molar-refractivity contribution in [2.75, 3.05) is 78.9 Å². The molecule has 25 nitrogen and oxygen atoms in total. The van der Waals surface area contributed by atoms with Gasteiger partial charge in [-0.1, -0.05) is 101 Å². The molecule has 0 radical (unpaired) electrons. The number of carboxylic acids is 1. The summed E-state index contributed by atoms with van der Waals surface area (Å²) in [5.74, 6) is -6.65. The minimum absolute atomic E-state index is 0.0347. The number of carboxylic acid groups (broad SMARTS) is 1. The zero-order chi connectivity index (χ0) is 72.4. The minimum atomic E-state index is -1.29. The summed E-state index contributed by atoms with van der Waals surface area (Å²) in [5, 5.41) is 23.4. The zero-order valence-electron chi connectivity index (χ0n) is 58.6. The van der Waals surface area contributed by atoms with Gasteiger partial charge in [0.25, 0.3) is 0 Å². The molecule has 3 aromatic carbocycles. The fraction of sp³-hybridized carbons (Fsp3) is 0.589. The molecule has 6 N–H and O–H groups in total. The van der Waals surface area contributed by atoms with E-state index in [4.69, 9.17) is 59.3 Å². The number of benzene rings is 3. The van der Waals surface area contributed by atoms with Gasteiger partial charge in [0.2, 0.25) is 29.5 Å². The van der Waals surface area contributed by atoms with Gasteiger partial charge in [0, 0.05) is 82.7 Å². The van der Waals surface area contributed by atoms with Gasteiger partial charge in [-0.3, -0.25) is 43.2 Å². The van der Waals surface area contributed by atoms with Crippen molar-refractivity contribution >= 4 is 76.5 Å². The van der Waals surface area contributed by atoms with Crippen molar-refractivity contribution in [2.24, 2.45) is 29.1 Å². The Morgan fingerprint density at radius 3 is 2.07 bits per heavy atom. The lowest BCUT2D eigenvalue weighted by Gasteiger charge is -2.29. The molecule has 3 aromatic rings. The highest BCUT2D eigenvalue weighted by molar-refractivity contribution is 6.32. The summed E-state index contributed by atoms with van der Waals surface area (Å²) in [6.45, 7) is 15.3. The number of carbonyl (C=O) groups excluding carboxylic acids is 9. The molecule has 2 aliphatic heterocycles. The van der Waals surface area contributed by atoms with Crippen LogP contribution in [-0.4, -0.2) is 168 Å². The number of cyclic esters (lactones) is 2. The number of aliphatic carboxylic acids is 1. The van der Waals surface area contributed by atoms with Gasteiger partial charge < -0.3 is 74.3 Å². The second-order valence-corrected chi connectivity index (χ2v) is 26.7. The first-order valence-corrected chi connectivity index (χ1v) is 34.5. The van der Waals surface area contributed by atoms with Crippen molar-refractivity contribution in [3.05, 3.63) is 106 Å². The molecule has 0 saturated carbocycles. The van der Waals surface area contributed by atoms with Crippen molar-refractivity contribution in [3.63, 3.8) is 0 Å². The summed E-state index contributed by atoms with van der Waals surface area (Å²) in [4.78, 5) is 132. The number of nitrogens with one attached hydrogen (secondary N) is 5. The number of esters is 3. The molecule has 99 heavy (non-hydrogen) atoms. The number of anilines is 1. The third kappa shape index (κ3) is 30.3. The number of hydrogen-bond acceptors (Lipinski definition) is 19. The standard InChI is InChI=1S/C73H102ClN5O20/c1-46(2)40-60-71(89)97-58(15-12-16-62(82)78-56(42-51-23-29-59(92-9)55(74)41-51)70(88)76-45-73(6,7)72(90)98-60)48(5)67-68(99-67)52-25-19-49(20-26-52)24-30-65(86)96-44-50-21-27-54(28-22-50)77-69(87)53(43-57(80)66(47(3)4)79-63(83)17-13-18-64(84)85)14-10-11-32-75-61(81)31-33-93-36-37-95-39-38-94-35-34-91-8/h12,16,19-23,25-29,41,46-48,53,56,58,60,66-68H,10-11,13-15,17-18,24,30-40,42-45H2,1-9H3,(H,75,81)(H,76,88)(H,77,87)(H,78,82)(H,79,83)(H,84,85)/b16-12+/t48-,53+,56+,58-,60-,66-,67+,68+/m0/s1. The first-order valence-electron chi connectivity index (χ1n) is 34.1. The number of aryl methyl sites for hydroxylation is 1. The van der Waals surface area contributed by atoms with E-state index in [1.165, 1.54) is 13.2 Å².